The van der Waals surface area contributed by atoms with Gasteiger partial charge in [0.2, 0.25) is 0 Å². The maximum atomic E-state index is 12.6. The van der Waals surface area contributed by atoms with Crippen LogP contribution in [0, 0.1) is 21.4 Å². The van der Waals surface area contributed by atoms with Crippen molar-refractivity contribution in [1.82, 2.24) is 0 Å². The maximum absolute atomic E-state index is 12.6. The number of anilines is 1. The molecule has 0 bridgehead atoms. The van der Waals surface area contributed by atoms with Gasteiger partial charge in [-0.2, -0.15) is 5.26 Å². The monoisotopic (exact) mass is 459 g/mol. The number of phenols is 1. The molecule has 0 radical (unpaired) electrons. The number of carbonyl (C=O) groups is 1. The van der Waals surface area contributed by atoms with Crippen molar-refractivity contribution in [2.45, 2.75) is 13.5 Å². The number of nitrogens with one attached hydrogen (secondary N) is 1. The van der Waals surface area contributed by atoms with Crippen LogP contribution in [0.5, 0.6) is 17.2 Å². The van der Waals surface area contributed by atoms with Gasteiger partial charge in [0, 0.05) is 6.07 Å². The van der Waals surface area contributed by atoms with E-state index in [1.807, 2.05) is 43.3 Å². The Morgan fingerprint density at radius 3 is 2.53 bits per heavy atom. The number of non-ortho nitro benzene ring substituents is 1. The third-order valence-electron chi connectivity index (χ3n) is 4.62. The summed E-state index contributed by atoms with van der Waals surface area (Å²) >= 11 is 0. The summed E-state index contributed by atoms with van der Waals surface area (Å²) in [7, 11) is 0. The van der Waals surface area contributed by atoms with E-state index in [0.29, 0.717) is 30.3 Å². The molecule has 9 heteroatoms. The smallest absolute Gasteiger partial charge is 0.273 e. The van der Waals surface area contributed by atoms with Gasteiger partial charge in [0.25, 0.3) is 11.6 Å². The van der Waals surface area contributed by atoms with Crippen molar-refractivity contribution in [2.24, 2.45) is 0 Å². The first-order chi connectivity index (χ1) is 16.4. The lowest BCUT2D eigenvalue weighted by Gasteiger charge is -2.13. The zero-order valence-electron chi connectivity index (χ0n) is 18.2. The quantitative estimate of drug-likeness (QED) is 0.154. The Kier molecular flexibility index (Phi) is 7.81. The summed E-state index contributed by atoms with van der Waals surface area (Å²) in [6.45, 7) is 2.56. The van der Waals surface area contributed by atoms with Crippen LogP contribution in [0.4, 0.5) is 11.4 Å². The van der Waals surface area contributed by atoms with Gasteiger partial charge in [-0.15, -0.1) is 0 Å². The van der Waals surface area contributed by atoms with Gasteiger partial charge in [-0.25, -0.2) is 0 Å². The molecular formula is C25H21N3O6. The highest BCUT2D eigenvalue weighted by Crippen LogP contribution is 2.31. The number of benzene rings is 3. The molecule has 0 aliphatic carbocycles. The fourth-order valence-electron chi connectivity index (χ4n) is 2.98. The molecule has 0 unspecified atom stereocenters. The Bertz CT molecular complexity index is 1270. The molecule has 0 fully saturated rings. The van der Waals surface area contributed by atoms with Crippen molar-refractivity contribution >= 4 is 23.4 Å². The average Bonchev–Trinajstić information content (AvgIpc) is 2.83. The summed E-state index contributed by atoms with van der Waals surface area (Å²) in [6, 6.07) is 19.7. The van der Waals surface area contributed by atoms with E-state index in [0.717, 1.165) is 17.7 Å². The number of nitro benzene ring substituents is 1. The summed E-state index contributed by atoms with van der Waals surface area (Å²) in [5.74, 6) is -0.299. The number of phenolic OH excluding ortho intramolecular Hbond substituents is 1. The van der Waals surface area contributed by atoms with E-state index >= 15 is 0 Å². The van der Waals surface area contributed by atoms with E-state index in [1.54, 1.807) is 18.2 Å². The summed E-state index contributed by atoms with van der Waals surface area (Å²) in [6.07, 6.45) is 1.36. The number of hydrogen-bond acceptors (Lipinski definition) is 7. The maximum Gasteiger partial charge on any atom is 0.273 e. The van der Waals surface area contributed by atoms with Crippen LogP contribution in [0.3, 0.4) is 0 Å². The van der Waals surface area contributed by atoms with E-state index in [4.69, 9.17) is 9.47 Å². The van der Waals surface area contributed by atoms with Gasteiger partial charge in [0.15, 0.2) is 11.5 Å². The number of nitrogens with zero attached hydrogens (tertiary/aromatic N) is 2. The molecule has 172 valence electrons. The lowest BCUT2D eigenvalue weighted by atomic mass is 10.1. The number of amides is 1. The molecule has 1 amide bonds. The zero-order chi connectivity index (χ0) is 24.5. The number of hydrogen-bond donors (Lipinski definition) is 2. The Hall–Kier alpha value is -4.84. The SMILES string of the molecule is CCOc1cc(C=C(C#N)C(=O)Nc2ccc([N+](=O)[O-])cc2O)ccc1OCc1ccccc1. The minimum absolute atomic E-state index is 0.0589. The Balaban J connectivity index is 1.79. The molecular weight excluding hydrogens is 438 g/mol. The second-order valence-corrected chi connectivity index (χ2v) is 7.00. The largest absolute Gasteiger partial charge is 0.506 e. The summed E-state index contributed by atoms with van der Waals surface area (Å²) in [5.41, 5.74) is 0.890. The van der Waals surface area contributed by atoms with Crippen LogP contribution < -0.4 is 14.8 Å². The number of aromatic hydroxyl groups is 1. The minimum Gasteiger partial charge on any atom is -0.506 e. The molecule has 9 nitrogen and oxygen atoms in total. The van der Waals surface area contributed by atoms with Crippen molar-refractivity contribution in [3.8, 4) is 23.3 Å². The molecule has 3 aromatic rings. The number of nitriles is 1. The highest BCUT2D eigenvalue weighted by atomic mass is 16.6. The van der Waals surface area contributed by atoms with E-state index < -0.39 is 16.6 Å². The van der Waals surface area contributed by atoms with Crippen molar-refractivity contribution in [3.63, 3.8) is 0 Å². The number of ether oxygens (including phenoxy) is 2. The molecule has 0 atom stereocenters. The first-order valence-corrected chi connectivity index (χ1v) is 10.3. The van der Waals surface area contributed by atoms with E-state index in [1.165, 1.54) is 12.1 Å². The van der Waals surface area contributed by atoms with E-state index in [2.05, 4.69) is 5.32 Å². The topological polar surface area (TPSA) is 135 Å². The van der Waals surface area contributed by atoms with Gasteiger partial charge in [-0.05, 0) is 42.3 Å². The predicted octanol–water partition coefficient (Wildman–Crippen LogP) is 4.82. The molecule has 2 N–H and O–H groups in total. The first kappa shape index (κ1) is 23.8. The minimum atomic E-state index is -0.783. The molecule has 0 aromatic heterocycles. The first-order valence-electron chi connectivity index (χ1n) is 10.3. The fourth-order valence-corrected chi connectivity index (χ4v) is 2.98. The normalized spacial score (nSPS) is 10.8. The highest BCUT2D eigenvalue weighted by molar-refractivity contribution is 6.10. The Morgan fingerprint density at radius 2 is 1.88 bits per heavy atom. The number of carbonyl (C=O) groups excluding carboxylic acids is 1. The standard InChI is InChI=1S/C25H21N3O6/c1-2-33-24-13-18(8-11-23(24)34-16-17-6-4-3-5-7-17)12-19(15-26)25(30)27-21-10-9-20(28(31)32)14-22(21)29/h3-14,29H,2,16H2,1H3,(H,27,30). The molecule has 0 heterocycles. The van der Waals surface area contributed by atoms with Crippen molar-refractivity contribution in [2.75, 3.05) is 11.9 Å². The molecule has 0 aliphatic rings. The molecule has 3 rings (SSSR count). The average molecular weight is 459 g/mol. The second kappa shape index (κ2) is 11.2. The Morgan fingerprint density at radius 1 is 1.12 bits per heavy atom. The van der Waals surface area contributed by atoms with Gasteiger partial charge in [-0.3, -0.25) is 14.9 Å². The van der Waals surface area contributed by atoms with Gasteiger partial charge in [-0.1, -0.05) is 36.4 Å². The third-order valence-corrected chi connectivity index (χ3v) is 4.62. The van der Waals surface area contributed by atoms with E-state index in [-0.39, 0.29) is 16.9 Å². The van der Waals surface area contributed by atoms with E-state index in [9.17, 15) is 25.3 Å². The van der Waals surface area contributed by atoms with Crippen LogP contribution in [0.1, 0.15) is 18.1 Å². The summed E-state index contributed by atoms with van der Waals surface area (Å²) in [4.78, 5) is 22.7. The van der Waals surface area contributed by atoms with Crippen molar-refractivity contribution in [3.05, 3.63) is 93.5 Å². The predicted molar refractivity (Wildman–Crippen MR) is 125 cm³/mol. The summed E-state index contributed by atoms with van der Waals surface area (Å²) in [5, 5.41) is 32.6. The molecule has 0 saturated heterocycles. The van der Waals surface area contributed by atoms with Gasteiger partial charge < -0.3 is 19.9 Å². The molecule has 34 heavy (non-hydrogen) atoms. The van der Waals surface area contributed by atoms with Crippen LogP contribution >= 0.6 is 0 Å². The fraction of sp³-hybridized carbons (Fsp3) is 0.120. The number of nitro groups is 1. The second-order valence-electron chi connectivity index (χ2n) is 7.00. The van der Waals surface area contributed by atoms with Crippen LogP contribution in [0.15, 0.2) is 72.3 Å². The number of rotatable bonds is 9. The van der Waals surface area contributed by atoms with Crippen LogP contribution in [-0.2, 0) is 11.4 Å². The molecule has 3 aromatic carbocycles. The highest BCUT2D eigenvalue weighted by Gasteiger charge is 2.15. The Labute approximate surface area is 195 Å². The molecule has 0 aliphatic heterocycles. The zero-order valence-corrected chi connectivity index (χ0v) is 18.2. The van der Waals surface area contributed by atoms with Crippen LogP contribution in [-0.4, -0.2) is 22.5 Å². The molecule has 0 spiro atoms. The molecule has 0 saturated carbocycles. The summed E-state index contributed by atoms with van der Waals surface area (Å²) < 4.78 is 11.5. The van der Waals surface area contributed by atoms with Crippen molar-refractivity contribution in [1.29, 1.82) is 5.26 Å². The van der Waals surface area contributed by atoms with Crippen molar-refractivity contribution < 1.29 is 24.3 Å². The lowest BCUT2D eigenvalue weighted by Crippen LogP contribution is -2.13. The van der Waals surface area contributed by atoms with Gasteiger partial charge in [0.1, 0.15) is 24.0 Å². The lowest BCUT2D eigenvalue weighted by molar-refractivity contribution is -0.384. The van der Waals surface area contributed by atoms with Gasteiger partial charge in [0.05, 0.1) is 23.3 Å². The van der Waals surface area contributed by atoms with Crippen LogP contribution in [0.2, 0.25) is 0 Å². The third kappa shape index (κ3) is 6.11. The van der Waals surface area contributed by atoms with Crippen LogP contribution in [0.25, 0.3) is 6.08 Å². The van der Waals surface area contributed by atoms with Gasteiger partial charge >= 0.3 is 0 Å².